The lowest BCUT2D eigenvalue weighted by molar-refractivity contribution is 0.252. The molecule has 0 fully saturated rings. The number of ether oxygens (including phenoxy) is 2. The second kappa shape index (κ2) is 8.31. The number of rotatable bonds is 6. The third-order valence-corrected chi connectivity index (χ3v) is 3.86. The zero-order chi connectivity index (χ0) is 19.2. The van der Waals surface area contributed by atoms with E-state index in [1.54, 1.807) is 14.2 Å². The molecule has 3 rings (SSSR count). The standard InChI is InChI=1S/C19H21N5O3/c1-4-9-20-19(25)24-17-11-21-14-7-6-13(22-18(14)23-17)12-5-8-15(26-2)16(10-12)27-3/h5-8,10-11H,4,9H2,1-3H3,(H2,20,22,23,24,25). The first kappa shape index (κ1) is 18.4. The van der Waals surface area contributed by atoms with Crippen molar-refractivity contribution in [3.8, 4) is 22.8 Å². The first-order chi connectivity index (χ1) is 13.1. The lowest BCUT2D eigenvalue weighted by Gasteiger charge is -2.10. The SMILES string of the molecule is CCCNC(=O)Nc1cnc2ccc(-c3ccc(OC)c(OC)c3)nc2n1. The van der Waals surface area contributed by atoms with Gasteiger partial charge in [0.25, 0.3) is 0 Å². The van der Waals surface area contributed by atoms with E-state index in [1.807, 2.05) is 37.3 Å². The molecule has 2 N–H and O–H groups in total. The third-order valence-electron chi connectivity index (χ3n) is 3.86. The smallest absolute Gasteiger partial charge is 0.320 e. The van der Waals surface area contributed by atoms with Gasteiger partial charge < -0.3 is 14.8 Å². The lowest BCUT2D eigenvalue weighted by atomic mass is 10.1. The van der Waals surface area contributed by atoms with Crippen LogP contribution in [0.2, 0.25) is 0 Å². The van der Waals surface area contributed by atoms with E-state index in [1.165, 1.54) is 6.20 Å². The van der Waals surface area contributed by atoms with E-state index >= 15 is 0 Å². The quantitative estimate of drug-likeness (QED) is 0.694. The van der Waals surface area contributed by atoms with Crippen LogP contribution < -0.4 is 20.1 Å². The number of anilines is 1. The molecular weight excluding hydrogens is 346 g/mol. The molecule has 0 saturated heterocycles. The van der Waals surface area contributed by atoms with Crippen LogP contribution in [0, 0.1) is 0 Å². The topological polar surface area (TPSA) is 98.3 Å². The van der Waals surface area contributed by atoms with Crippen molar-refractivity contribution in [1.82, 2.24) is 20.3 Å². The molecule has 2 aromatic heterocycles. The van der Waals surface area contributed by atoms with E-state index in [2.05, 4.69) is 25.6 Å². The van der Waals surface area contributed by atoms with Gasteiger partial charge in [0.1, 0.15) is 5.52 Å². The molecule has 0 aliphatic carbocycles. The van der Waals surface area contributed by atoms with Gasteiger partial charge in [-0.15, -0.1) is 0 Å². The fourth-order valence-electron chi connectivity index (χ4n) is 2.51. The number of benzene rings is 1. The predicted molar refractivity (Wildman–Crippen MR) is 103 cm³/mol. The zero-order valence-electron chi connectivity index (χ0n) is 15.4. The van der Waals surface area contributed by atoms with Crippen LogP contribution in [0.25, 0.3) is 22.4 Å². The molecule has 2 heterocycles. The van der Waals surface area contributed by atoms with E-state index in [-0.39, 0.29) is 6.03 Å². The second-order valence-corrected chi connectivity index (χ2v) is 5.75. The first-order valence-corrected chi connectivity index (χ1v) is 8.55. The minimum atomic E-state index is -0.318. The van der Waals surface area contributed by atoms with Gasteiger partial charge in [0, 0.05) is 12.1 Å². The molecule has 8 nitrogen and oxygen atoms in total. The van der Waals surface area contributed by atoms with Crippen molar-refractivity contribution in [2.75, 3.05) is 26.1 Å². The first-order valence-electron chi connectivity index (χ1n) is 8.55. The summed E-state index contributed by atoms with van der Waals surface area (Å²) in [5, 5.41) is 5.39. The number of amides is 2. The number of nitrogens with zero attached hydrogens (tertiary/aromatic N) is 3. The van der Waals surface area contributed by atoms with Gasteiger partial charge in [0.15, 0.2) is 23.0 Å². The van der Waals surface area contributed by atoms with Crippen molar-refractivity contribution in [3.05, 3.63) is 36.5 Å². The van der Waals surface area contributed by atoms with Crippen LogP contribution in [0.5, 0.6) is 11.5 Å². The predicted octanol–water partition coefficient (Wildman–Crippen LogP) is 3.24. The summed E-state index contributed by atoms with van der Waals surface area (Å²) in [4.78, 5) is 25.0. The molecule has 0 saturated carbocycles. The summed E-state index contributed by atoms with van der Waals surface area (Å²) in [5.74, 6) is 1.60. The summed E-state index contributed by atoms with van der Waals surface area (Å²) in [6.07, 6.45) is 2.36. The van der Waals surface area contributed by atoms with E-state index in [0.29, 0.717) is 40.7 Å². The number of hydrogen-bond donors (Lipinski definition) is 2. The molecule has 0 bridgehead atoms. The molecule has 0 spiro atoms. The maximum atomic E-state index is 11.8. The summed E-state index contributed by atoms with van der Waals surface area (Å²) >= 11 is 0. The van der Waals surface area contributed by atoms with Gasteiger partial charge in [-0.2, -0.15) is 0 Å². The van der Waals surface area contributed by atoms with Gasteiger partial charge in [0.2, 0.25) is 0 Å². The lowest BCUT2D eigenvalue weighted by Crippen LogP contribution is -2.29. The van der Waals surface area contributed by atoms with E-state index in [0.717, 1.165) is 12.0 Å². The highest BCUT2D eigenvalue weighted by molar-refractivity contribution is 5.89. The Morgan fingerprint density at radius 2 is 1.89 bits per heavy atom. The van der Waals surface area contributed by atoms with Gasteiger partial charge in [-0.05, 0) is 36.8 Å². The Morgan fingerprint density at radius 3 is 2.63 bits per heavy atom. The average Bonchev–Trinajstić information content (AvgIpc) is 2.71. The van der Waals surface area contributed by atoms with Crippen LogP contribution >= 0.6 is 0 Å². The van der Waals surface area contributed by atoms with Gasteiger partial charge in [-0.3, -0.25) is 5.32 Å². The summed E-state index contributed by atoms with van der Waals surface area (Å²) in [7, 11) is 3.18. The molecule has 3 aromatic rings. The number of hydrogen-bond acceptors (Lipinski definition) is 6. The van der Waals surface area contributed by atoms with Crippen LogP contribution in [0.4, 0.5) is 10.6 Å². The Morgan fingerprint density at radius 1 is 1.07 bits per heavy atom. The van der Waals surface area contributed by atoms with Crippen molar-refractivity contribution < 1.29 is 14.3 Å². The molecule has 0 aliphatic rings. The third kappa shape index (κ3) is 4.22. The Bertz CT molecular complexity index is 961. The maximum Gasteiger partial charge on any atom is 0.320 e. The summed E-state index contributed by atoms with van der Waals surface area (Å²) in [6, 6.07) is 8.94. The fraction of sp³-hybridized carbons (Fsp3) is 0.263. The number of carbonyl (C=O) groups is 1. The number of urea groups is 1. The molecule has 0 aliphatic heterocycles. The summed E-state index contributed by atoms with van der Waals surface area (Å²) < 4.78 is 10.6. The number of fused-ring (bicyclic) bond motifs is 1. The molecule has 140 valence electrons. The van der Waals surface area contributed by atoms with Gasteiger partial charge in [-0.25, -0.2) is 19.7 Å². The van der Waals surface area contributed by atoms with E-state index in [4.69, 9.17) is 9.47 Å². The number of nitrogens with one attached hydrogen (secondary N) is 2. The van der Waals surface area contributed by atoms with E-state index in [9.17, 15) is 4.79 Å². The van der Waals surface area contributed by atoms with E-state index < -0.39 is 0 Å². The highest BCUT2D eigenvalue weighted by Crippen LogP contribution is 2.31. The minimum Gasteiger partial charge on any atom is -0.493 e. The van der Waals surface area contributed by atoms with Crippen molar-refractivity contribution in [2.45, 2.75) is 13.3 Å². The highest BCUT2D eigenvalue weighted by atomic mass is 16.5. The number of carbonyl (C=O) groups excluding carboxylic acids is 1. The molecule has 0 unspecified atom stereocenters. The number of pyridine rings is 1. The van der Waals surface area contributed by atoms with Crippen molar-refractivity contribution in [3.63, 3.8) is 0 Å². The van der Waals surface area contributed by atoms with Crippen LogP contribution in [0.1, 0.15) is 13.3 Å². The van der Waals surface area contributed by atoms with Gasteiger partial charge in [-0.1, -0.05) is 6.92 Å². The molecule has 2 amide bonds. The second-order valence-electron chi connectivity index (χ2n) is 5.75. The molecule has 1 aromatic carbocycles. The molecule has 0 atom stereocenters. The molecular formula is C19H21N5O3. The molecule has 8 heteroatoms. The van der Waals surface area contributed by atoms with Crippen LogP contribution in [-0.4, -0.2) is 41.7 Å². The Kier molecular flexibility index (Phi) is 5.65. The van der Waals surface area contributed by atoms with Crippen LogP contribution in [0.15, 0.2) is 36.5 Å². The van der Waals surface area contributed by atoms with Crippen molar-refractivity contribution in [1.29, 1.82) is 0 Å². The largest absolute Gasteiger partial charge is 0.493 e. The fourth-order valence-corrected chi connectivity index (χ4v) is 2.51. The number of methoxy groups -OCH3 is 2. The molecule has 27 heavy (non-hydrogen) atoms. The zero-order valence-corrected chi connectivity index (χ0v) is 15.4. The minimum absolute atomic E-state index is 0.318. The van der Waals surface area contributed by atoms with Crippen LogP contribution in [-0.2, 0) is 0 Å². The Labute approximate surface area is 157 Å². The van der Waals surface area contributed by atoms with Crippen molar-refractivity contribution >= 4 is 23.0 Å². The average molecular weight is 367 g/mol. The van der Waals surface area contributed by atoms with Crippen LogP contribution in [0.3, 0.4) is 0 Å². The summed E-state index contributed by atoms with van der Waals surface area (Å²) in [6.45, 7) is 2.57. The van der Waals surface area contributed by atoms with Gasteiger partial charge in [0.05, 0.1) is 26.1 Å². The molecule has 0 radical (unpaired) electrons. The summed E-state index contributed by atoms with van der Waals surface area (Å²) in [5.41, 5.74) is 2.65. The normalized spacial score (nSPS) is 10.5. The maximum absolute atomic E-state index is 11.8. The Balaban J connectivity index is 1.91. The van der Waals surface area contributed by atoms with Crippen molar-refractivity contribution in [2.24, 2.45) is 0 Å². The van der Waals surface area contributed by atoms with Gasteiger partial charge >= 0.3 is 6.03 Å². The highest BCUT2D eigenvalue weighted by Gasteiger charge is 2.10. The monoisotopic (exact) mass is 367 g/mol. The Hall–Kier alpha value is -3.42. The number of aromatic nitrogens is 3.